The Balaban J connectivity index is 1.91. The molecule has 0 bridgehead atoms. The zero-order valence-electron chi connectivity index (χ0n) is 11.8. The highest BCUT2D eigenvalue weighted by atomic mass is 16.4. The number of aliphatic hydroxyl groups excluding tert-OH is 1. The number of carbonyl (C=O) groups is 1. The zero-order valence-corrected chi connectivity index (χ0v) is 11.8. The molecule has 1 aromatic carbocycles. The molecular weight excluding hydrogens is 256 g/mol. The monoisotopic (exact) mass is 278 g/mol. The van der Waals surface area contributed by atoms with E-state index in [1.807, 2.05) is 12.1 Å². The first-order chi connectivity index (χ1) is 9.54. The molecule has 1 fully saturated rings. The maximum Gasteiger partial charge on any atom is 0.317 e. The van der Waals surface area contributed by atoms with E-state index in [2.05, 4.69) is 17.0 Å². The van der Waals surface area contributed by atoms with Gasteiger partial charge in [0.25, 0.3) is 0 Å². The molecule has 0 atom stereocenters. The van der Waals surface area contributed by atoms with E-state index >= 15 is 0 Å². The lowest BCUT2D eigenvalue weighted by atomic mass is 10.1. The summed E-state index contributed by atoms with van der Waals surface area (Å²) in [6, 6.07) is 8.22. The largest absolute Gasteiger partial charge is 0.480 e. The van der Waals surface area contributed by atoms with Crippen LogP contribution in [0.15, 0.2) is 24.3 Å². The van der Waals surface area contributed by atoms with Crippen LogP contribution in [0.5, 0.6) is 0 Å². The third-order valence-corrected chi connectivity index (χ3v) is 3.62. The van der Waals surface area contributed by atoms with Crippen LogP contribution in [0.3, 0.4) is 0 Å². The summed E-state index contributed by atoms with van der Waals surface area (Å²) in [5.41, 5.74) is 2.27. The first-order valence-corrected chi connectivity index (χ1v) is 6.97. The minimum Gasteiger partial charge on any atom is -0.480 e. The van der Waals surface area contributed by atoms with Crippen LogP contribution in [0.1, 0.15) is 18.4 Å². The van der Waals surface area contributed by atoms with E-state index in [-0.39, 0.29) is 12.6 Å². The standard InChI is InChI=1S/C15H22N2O3/c1-16(11-15(19)20)10-12-2-4-13(5-3-12)17-8-6-14(18)7-9-17/h2-5,14,18H,6-11H2,1H3,(H,19,20). The summed E-state index contributed by atoms with van der Waals surface area (Å²) < 4.78 is 0. The van der Waals surface area contributed by atoms with E-state index in [1.54, 1.807) is 11.9 Å². The van der Waals surface area contributed by atoms with Gasteiger partial charge < -0.3 is 15.1 Å². The molecule has 5 heteroatoms. The number of benzene rings is 1. The zero-order chi connectivity index (χ0) is 14.5. The number of aliphatic carboxylic acids is 1. The number of aliphatic hydroxyl groups is 1. The van der Waals surface area contributed by atoms with Gasteiger partial charge in [0.05, 0.1) is 12.6 Å². The first kappa shape index (κ1) is 14.8. The van der Waals surface area contributed by atoms with E-state index in [0.717, 1.165) is 31.5 Å². The summed E-state index contributed by atoms with van der Waals surface area (Å²) in [6.45, 7) is 2.45. The van der Waals surface area contributed by atoms with Crippen molar-refractivity contribution >= 4 is 11.7 Å². The van der Waals surface area contributed by atoms with Gasteiger partial charge in [-0.3, -0.25) is 9.69 Å². The molecular formula is C15H22N2O3. The van der Waals surface area contributed by atoms with Gasteiger partial charge >= 0.3 is 5.97 Å². The molecule has 0 radical (unpaired) electrons. The normalized spacial score (nSPS) is 16.6. The molecule has 2 N–H and O–H groups in total. The second-order valence-corrected chi connectivity index (χ2v) is 5.45. The Hall–Kier alpha value is -1.59. The Morgan fingerprint density at radius 1 is 1.30 bits per heavy atom. The fraction of sp³-hybridized carbons (Fsp3) is 0.533. The number of rotatable bonds is 5. The molecule has 1 heterocycles. The third-order valence-electron chi connectivity index (χ3n) is 3.62. The topological polar surface area (TPSA) is 64.0 Å². The van der Waals surface area contributed by atoms with Crippen molar-refractivity contribution in [1.82, 2.24) is 4.90 Å². The molecule has 2 rings (SSSR count). The van der Waals surface area contributed by atoms with Crippen LogP contribution in [0.25, 0.3) is 0 Å². The number of anilines is 1. The van der Waals surface area contributed by atoms with Gasteiger partial charge in [-0.15, -0.1) is 0 Å². The molecule has 20 heavy (non-hydrogen) atoms. The van der Waals surface area contributed by atoms with E-state index in [9.17, 15) is 9.90 Å². The van der Waals surface area contributed by atoms with Crippen LogP contribution in [0, 0.1) is 0 Å². The molecule has 1 saturated heterocycles. The number of carboxylic acids is 1. The summed E-state index contributed by atoms with van der Waals surface area (Å²) in [4.78, 5) is 14.7. The van der Waals surface area contributed by atoms with Crippen molar-refractivity contribution in [2.45, 2.75) is 25.5 Å². The van der Waals surface area contributed by atoms with Gasteiger partial charge in [-0.1, -0.05) is 12.1 Å². The van der Waals surface area contributed by atoms with Gasteiger partial charge in [0, 0.05) is 25.3 Å². The molecule has 0 saturated carbocycles. The molecule has 0 spiro atoms. The summed E-state index contributed by atoms with van der Waals surface area (Å²) in [5, 5.41) is 18.2. The highest BCUT2D eigenvalue weighted by molar-refractivity contribution is 5.69. The lowest BCUT2D eigenvalue weighted by molar-refractivity contribution is -0.138. The predicted molar refractivity (Wildman–Crippen MR) is 77.9 cm³/mol. The van der Waals surface area contributed by atoms with Crippen molar-refractivity contribution in [3.05, 3.63) is 29.8 Å². The number of nitrogens with zero attached hydrogens (tertiary/aromatic N) is 2. The quantitative estimate of drug-likeness (QED) is 0.846. The van der Waals surface area contributed by atoms with E-state index < -0.39 is 5.97 Å². The smallest absolute Gasteiger partial charge is 0.317 e. The van der Waals surface area contributed by atoms with Crippen LogP contribution in [0.2, 0.25) is 0 Å². The van der Waals surface area contributed by atoms with Crippen molar-refractivity contribution < 1.29 is 15.0 Å². The SMILES string of the molecule is CN(CC(=O)O)Cc1ccc(N2CCC(O)CC2)cc1. The van der Waals surface area contributed by atoms with E-state index in [1.165, 1.54) is 5.69 Å². The predicted octanol–water partition coefficient (Wildman–Crippen LogP) is 1.16. The minimum atomic E-state index is -0.809. The average molecular weight is 278 g/mol. The molecule has 0 aromatic heterocycles. The first-order valence-electron chi connectivity index (χ1n) is 6.97. The van der Waals surface area contributed by atoms with Crippen LogP contribution in [0.4, 0.5) is 5.69 Å². The Labute approximate surface area is 119 Å². The lowest BCUT2D eigenvalue weighted by Gasteiger charge is -2.31. The van der Waals surface area contributed by atoms with Crippen LogP contribution in [-0.2, 0) is 11.3 Å². The van der Waals surface area contributed by atoms with Gasteiger partial charge in [0.1, 0.15) is 0 Å². The van der Waals surface area contributed by atoms with Crippen molar-refractivity contribution in [3.63, 3.8) is 0 Å². The van der Waals surface area contributed by atoms with Gasteiger partial charge in [-0.25, -0.2) is 0 Å². The third kappa shape index (κ3) is 4.21. The lowest BCUT2D eigenvalue weighted by Crippen LogP contribution is -2.35. The number of carboxylic acid groups (broad SMARTS) is 1. The highest BCUT2D eigenvalue weighted by Gasteiger charge is 2.17. The summed E-state index contributed by atoms with van der Waals surface area (Å²) in [5.74, 6) is -0.809. The van der Waals surface area contributed by atoms with Crippen LogP contribution in [-0.4, -0.2) is 53.9 Å². The van der Waals surface area contributed by atoms with Gasteiger partial charge in [-0.05, 0) is 37.6 Å². The Morgan fingerprint density at radius 3 is 2.45 bits per heavy atom. The van der Waals surface area contributed by atoms with E-state index in [4.69, 9.17) is 5.11 Å². The average Bonchev–Trinajstić information content (AvgIpc) is 2.39. The van der Waals surface area contributed by atoms with Crippen molar-refractivity contribution in [3.8, 4) is 0 Å². The molecule has 0 aliphatic carbocycles. The molecule has 110 valence electrons. The minimum absolute atomic E-state index is 0.0474. The number of hydrogen-bond donors (Lipinski definition) is 2. The van der Waals surface area contributed by atoms with Gasteiger partial charge in [0.15, 0.2) is 0 Å². The summed E-state index contributed by atoms with van der Waals surface area (Å²) in [7, 11) is 1.80. The maximum atomic E-state index is 10.6. The fourth-order valence-corrected chi connectivity index (χ4v) is 2.53. The summed E-state index contributed by atoms with van der Waals surface area (Å²) in [6.07, 6.45) is 1.49. The van der Waals surface area contributed by atoms with Gasteiger partial charge in [0.2, 0.25) is 0 Å². The second kappa shape index (κ2) is 6.72. The van der Waals surface area contributed by atoms with Crippen molar-refractivity contribution in [1.29, 1.82) is 0 Å². The molecule has 0 unspecified atom stereocenters. The highest BCUT2D eigenvalue weighted by Crippen LogP contribution is 2.20. The van der Waals surface area contributed by atoms with Crippen molar-refractivity contribution in [2.75, 3.05) is 31.6 Å². The Bertz CT molecular complexity index is 439. The van der Waals surface area contributed by atoms with Gasteiger partial charge in [-0.2, -0.15) is 0 Å². The fourth-order valence-electron chi connectivity index (χ4n) is 2.53. The maximum absolute atomic E-state index is 10.6. The molecule has 1 aliphatic rings. The molecule has 1 aliphatic heterocycles. The van der Waals surface area contributed by atoms with E-state index in [0.29, 0.717) is 6.54 Å². The molecule has 1 aromatic rings. The molecule has 0 amide bonds. The summed E-state index contributed by atoms with van der Waals surface area (Å²) >= 11 is 0. The second-order valence-electron chi connectivity index (χ2n) is 5.45. The van der Waals surface area contributed by atoms with Crippen LogP contribution < -0.4 is 4.90 Å². The number of hydrogen-bond acceptors (Lipinski definition) is 4. The van der Waals surface area contributed by atoms with Crippen LogP contribution >= 0.6 is 0 Å². The Morgan fingerprint density at radius 2 is 1.90 bits per heavy atom. The Kier molecular flexibility index (Phi) is 4.98. The number of likely N-dealkylation sites (N-methyl/N-ethyl adjacent to an activating group) is 1. The van der Waals surface area contributed by atoms with Crippen molar-refractivity contribution in [2.24, 2.45) is 0 Å². The number of piperidine rings is 1. The molecule has 5 nitrogen and oxygen atoms in total.